The lowest BCUT2D eigenvalue weighted by atomic mass is 10.3. The summed E-state index contributed by atoms with van der Waals surface area (Å²) in [7, 11) is 0. The molecule has 8 nitrogen and oxygen atoms in total. The summed E-state index contributed by atoms with van der Waals surface area (Å²) >= 11 is 3.37. The minimum Gasteiger partial charge on any atom is -0.353 e. The van der Waals surface area contributed by atoms with E-state index < -0.39 is 0 Å². The zero-order chi connectivity index (χ0) is 15.6. The van der Waals surface area contributed by atoms with Crippen LogP contribution in [0.1, 0.15) is 6.42 Å². The molecule has 3 aromatic rings. The average molecular weight is 375 g/mol. The number of anilines is 2. The van der Waals surface area contributed by atoms with E-state index in [0.717, 1.165) is 54.5 Å². The quantitative estimate of drug-likeness (QED) is 0.670. The molecule has 1 saturated heterocycles. The maximum atomic E-state index is 4.57. The summed E-state index contributed by atoms with van der Waals surface area (Å²) in [6.07, 6.45) is 6.22. The number of hydrogen-bond donors (Lipinski definition) is 0. The minimum atomic E-state index is 0.758. The molecule has 23 heavy (non-hydrogen) atoms. The molecule has 4 heterocycles. The third-order valence-corrected chi connectivity index (χ3v) is 4.27. The Balaban J connectivity index is 1.51. The van der Waals surface area contributed by atoms with E-state index in [-0.39, 0.29) is 0 Å². The molecule has 3 aromatic heterocycles. The molecule has 9 heteroatoms. The maximum Gasteiger partial charge on any atom is 0.225 e. The van der Waals surface area contributed by atoms with Gasteiger partial charge in [0.25, 0.3) is 0 Å². The summed E-state index contributed by atoms with van der Waals surface area (Å²) < 4.78 is 2.60. The van der Waals surface area contributed by atoms with E-state index in [1.165, 1.54) is 0 Å². The van der Waals surface area contributed by atoms with Gasteiger partial charge in [0.2, 0.25) is 5.95 Å². The van der Waals surface area contributed by atoms with Crippen molar-refractivity contribution in [1.29, 1.82) is 0 Å². The molecular weight excluding hydrogens is 360 g/mol. The van der Waals surface area contributed by atoms with Crippen LogP contribution in [0.15, 0.2) is 35.3 Å². The topological polar surface area (TPSA) is 75.3 Å². The summed E-state index contributed by atoms with van der Waals surface area (Å²) in [4.78, 5) is 13.3. The highest BCUT2D eigenvalue weighted by molar-refractivity contribution is 9.10. The summed E-state index contributed by atoms with van der Waals surface area (Å²) in [5, 5.41) is 12.4. The minimum absolute atomic E-state index is 0.758. The third-order valence-electron chi connectivity index (χ3n) is 3.86. The second-order valence-electron chi connectivity index (χ2n) is 5.35. The van der Waals surface area contributed by atoms with Crippen molar-refractivity contribution >= 4 is 33.3 Å². The first-order valence-electron chi connectivity index (χ1n) is 7.44. The summed E-state index contributed by atoms with van der Waals surface area (Å²) in [5.74, 6) is 1.72. The van der Waals surface area contributed by atoms with Crippen molar-refractivity contribution in [3.63, 3.8) is 0 Å². The highest BCUT2D eigenvalue weighted by Crippen LogP contribution is 2.17. The molecule has 0 bridgehead atoms. The Morgan fingerprint density at radius 3 is 2.61 bits per heavy atom. The number of fused-ring (bicyclic) bond motifs is 1. The van der Waals surface area contributed by atoms with Crippen LogP contribution in [0.25, 0.3) is 5.65 Å². The SMILES string of the molecule is Brc1cnc(N2CCCN(c3ccc4nncn4n3)CC2)nc1. The number of rotatable bonds is 2. The Labute approximate surface area is 141 Å². The van der Waals surface area contributed by atoms with Gasteiger partial charge in [-0.05, 0) is 34.5 Å². The van der Waals surface area contributed by atoms with E-state index in [1.54, 1.807) is 23.2 Å². The van der Waals surface area contributed by atoms with Crippen LogP contribution < -0.4 is 9.80 Å². The van der Waals surface area contributed by atoms with Crippen LogP contribution in [-0.4, -0.2) is 56.0 Å². The van der Waals surface area contributed by atoms with Gasteiger partial charge in [0, 0.05) is 38.6 Å². The Bertz CT molecular complexity index is 802. The molecule has 0 N–H and O–H groups in total. The largest absolute Gasteiger partial charge is 0.353 e. The fraction of sp³-hybridized carbons (Fsp3) is 0.357. The van der Waals surface area contributed by atoms with Crippen molar-refractivity contribution in [2.45, 2.75) is 6.42 Å². The predicted octanol–water partition coefficient (Wildman–Crippen LogP) is 1.39. The molecule has 1 aliphatic heterocycles. The average Bonchev–Trinajstić information content (AvgIpc) is 2.91. The Morgan fingerprint density at radius 2 is 1.74 bits per heavy atom. The third kappa shape index (κ3) is 2.96. The van der Waals surface area contributed by atoms with Crippen LogP contribution in [0.2, 0.25) is 0 Å². The molecule has 0 unspecified atom stereocenters. The van der Waals surface area contributed by atoms with Crippen LogP contribution in [0, 0.1) is 0 Å². The zero-order valence-electron chi connectivity index (χ0n) is 12.4. The summed E-state index contributed by atoms with van der Waals surface area (Å²) in [6, 6.07) is 3.94. The molecule has 118 valence electrons. The van der Waals surface area contributed by atoms with Crippen molar-refractivity contribution in [3.05, 3.63) is 35.3 Å². The first-order valence-corrected chi connectivity index (χ1v) is 8.23. The maximum absolute atomic E-state index is 4.57. The summed E-state index contributed by atoms with van der Waals surface area (Å²) in [6.45, 7) is 3.63. The van der Waals surface area contributed by atoms with Crippen molar-refractivity contribution in [3.8, 4) is 0 Å². The Hall–Kier alpha value is -2.29. The smallest absolute Gasteiger partial charge is 0.225 e. The second kappa shape index (κ2) is 6.07. The molecule has 1 aliphatic rings. The van der Waals surface area contributed by atoms with Gasteiger partial charge in [-0.3, -0.25) is 0 Å². The molecule has 1 fully saturated rings. The van der Waals surface area contributed by atoms with E-state index in [4.69, 9.17) is 0 Å². The number of hydrogen-bond acceptors (Lipinski definition) is 7. The molecule has 4 rings (SSSR count). The standard InChI is InChI=1S/C14H15BrN8/c15-11-8-16-14(17-9-11)22-5-1-4-21(6-7-22)13-3-2-12-19-18-10-23(12)20-13/h2-3,8-10H,1,4-7H2. The first-order chi connectivity index (χ1) is 11.3. The van der Waals surface area contributed by atoms with Crippen LogP contribution in [0.5, 0.6) is 0 Å². The van der Waals surface area contributed by atoms with Gasteiger partial charge in [0.1, 0.15) is 12.1 Å². The van der Waals surface area contributed by atoms with E-state index in [2.05, 4.69) is 51.0 Å². The normalized spacial score (nSPS) is 15.9. The summed E-state index contributed by atoms with van der Waals surface area (Å²) in [5.41, 5.74) is 0.758. The number of aromatic nitrogens is 6. The lowest BCUT2D eigenvalue weighted by molar-refractivity contribution is 0.774. The van der Waals surface area contributed by atoms with E-state index in [9.17, 15) is 0 Å². The molecule has 0 atom stereocenters. The molecule has 0 spiro atoms. The van der Waals surface area contributed by atoms with Crippen LogP contribution in [0.4, 0.5) is 11.8 Å². The molecular formula is C14H15BrN8. The van der Waals surface area contributed by atoms with Crippen LogP contribution in [0.3, 0.4) is 0 Å². The number of nitrogens with zero attached hydrogens (tertiary/aromatic N) is 8. The van der Waals surface area contributed by atoms with E-state index in [1.807, 2.05) is 12.1 Å². The van der Waals surface area contributed by atoms with Gasteiger partial charge in [-0.2, -0.15) is 4.52 Å². The molecule has 0 saturated carbocycles. The van der Waals surface area contributed by atoms with Gasteiger partial charge in [0.05, 0.1) is 4.47 Å². The Morgan fingerprint density at radius 1 is 0.957 bits per heavy atom. The van der Waals surface area contributed by atoms with Crippen molar-refractivity contribution in [1.82, 2.24) is 29.8 Å². The molecule has 0 radical (unpaired) electrons. The van der Waals surface area contributed by atoms with Gasteiger partial charge < -0.3 is 9.80 Å². The van der Waals surface area contributed by atoms with Gasteiger partial charge in [-0.15, -0.1) is 15.3 Å². The fourth-order valence-corrected chi connectivity index (χ4v) is 2.91. The van der Waals surface area contributed by atoms with E-state index >= 15 is 0 Å². The highest BCUT2D eigenvalue weighted by Gasteiger charge is 2.18. The number of halogens is 1. The van der Waals surface area contributed by atoms with Crippen molar-refractivity contribution in [2.24, 2.45) is 0 Å². The molecule has 0 amide bonds. The fourth-order valence-electron chi connectivity index (χ4n) is 2.70. The van der Waals surface area contributed by atoms with Crippen molar-refractivity contribution in [2.75, 3.05) is 36.0 Å². The van der Waals surface area contributed by atoms with Gasteiger partial charge in [-0.25, -0.2) is 9.97 Å². The lowest BCUT2D eigenvalue weighted by Gasteiger charge is -2.22. The predicted molar refractivity (Wildman–Crippen MR) is 89.6 cm³/mol. The van der Waals surface area contributed by atoms with Gasteiger partial charge in [-0.1, -0.05) is 0 Å². The Kier molecular flexibility index (Phi) is 3.78. The van der Waals surface area contributed by atoms with Gasteiger partial charge >= 0.3 is 0 Å². The lowest BCUT2D eigenvalue weighted by Crippen LogP contribution is -2.32. The van der Waals surface area contributed by atoms with E-state index in [0.29, 0.717) is 0 Å². The second-order valence-corrected chi connectivity index (χ2v) is 6.27. The highest BCUT2D eigenvalue weighted by atomic mass is 79.9. The molecule has 0 aliphatic carbocycles. The van der Waals surface area contributed by atoms with Crippen LogP contribution in [-0.2, 0) is 0 Å². The zero-order valence-corrected chi connectivity index (χ0v) is 14.0. The van der Waals surface area contributed by atoms with Crippen molar-refractivity contribution < 1.29 is 0 Å². The van der Waals surface area contributed by atoms with Gasteiger partial charge in [0.15, 0.2) is 5.65 Å². The molecule has 0 aromatic carbocycles. The van der Waals surface area contributed by atoms with Crippen LogP contribution >= 0.6 is 15.9 Å². The monoisotopic (exact) mass is 374 g/mol. The first kappa shape index (κ1) is 14.3.